The molecular formula is C29H36ClN2O5S+. The second kappa shape index (κ2) is 10.6. The number of carbonyl (C=O) groups is 3. The fourth-order valence-corrected chi connectivity index (χ4v) is 7.78. The molecule has 0 radical (unpaired) electrons. The van der Waals surface area contributed by atoms with Gasteiger partial charge in [0.2, 0.25) is 0 Å². The molecule has 2 aromatic rings. The van der Waals surface area contributed by atoms with Gasteiger partial charge in [-0.15, -0.1) is 11.8 Å². The molecule has 2 heterocycles. The Morgan fingerprint density at radius 1 is 1.21 bits per heavy atom. The van der Waals surface area contributed by atoms with Crippen molar-refractivity contribution in [1.82, 2.24) is 9.80 Å². The van der Waals surface area contributed by atoms with E-state index >= 15 is 0 Å². The predicted octanol–water partition coefficient (Wildman–Crippen LogP) is 5.09. The van der Waals surface area contributed by atoms with Crippen LogP contribution >= 0.6 is 23.4 Å². The van der Waals surface area contributed by atoms with Crippen molar-refractivity contribution in [3.63, 3.8) is 0 Å². The van der Waals surface area contributed by atoms with E-state index in [1.165, 1.54) is 18.7 Å². The lowest BCUT2D eigenvalue weighted by molar-refractivity contribution is -0.163. The van der Waals surface area contributed by atoms with Crippen molar-refractivity contribution in [2.45, 2.75) is 45.4 Å². The minimum absolute atomic E-state index is 0.0221. The van der Waals surface area contributed by atoms with Gasteiger partial charge in [-0.25, -0.2) is 9.28 Å². The zero-order valence-electron chi connectivity index (χ0n) is 22.5. The van der Waals surface area contributed by atoms with Gasteiger partial charge in [0.25, 0.3) is 0 Å². The Hall–Kier alpha value is -2.39. The molecular weight excluding hydrogens is 524 g/mol. The summed E-state index contributed by atoms with van der Waals surface area (Å²) in [6.07, 6.45) is 0.361. The van der Waals surface area contributed by atoms with E-state index < -0.39 is 23.2 Å². The highest BCUT2D eigenvalue weighted by atomic mass is 35.5. The van der Waals surface area contributed by atoms with Gasteiger partial charge in [0.05, 0.1) is 18.9 Å². The quantitative estimate of drug-likeness (QED) is 0.376. The molecule has 1 amide bonds. The number of carboxylic acid groups (broad SMARTS) is 1. The number of quaternary nitrogens is 1. The van der Waals surface area contributed by atoms with Crippen LogP contribution in [0.4, 0.5) is 5.69 Å². The summed E-state index contributed by atoms with van der Waals surface area (Å²) in [4.78, 5) is 40.8. The van der Waals surface area contributed by atoms with Gasteiger partial charge < -0.3 is 15.2 Å². The van der Waals surface area contributed by atoms with E-state index in [2.05, 4.69) is 5.32 Å². The number of fused-ring (bicyclic) bond motifs is 1. The molecule has 9 heteroatoms. The smallest absolute Gasteiger partial charge is 0.329 e. The van der Waals surface area contributed by atoms with Gasteiger partial charge in [0.15, 0.2) is 11.2 Å². The highest BCUT2D eigenvalue weighted by Crippen LogP contribution is 2.53. The fourth-order valence-electron chi connectivity index (χ4n) is 6.32. The monoisotopic (exact) mass is 559 g/mol. The average Bonchev–Trinajstić information content (AvgIpc) is 2.97. The van der Waals surface area contributed by atoms with Crippen LogP contribution in [-0.2, 0) is 14.4 Å². The highest BCUT2D eigenvalue weighted by molar-refractivity contribution is 8.00. The number of halogens is 1. The van der Waals surface area contributed by atoms with Gasteiger partial charge in [0.1, 0.15) is 23.2 Å². The molecule has 1 saturated heterocycles. The Bertz CT molecular complexity index is 1250. The minimum Gasteiger partial charge on any atom is -0.496 e. The third-order valence-electron chi connectivity index (χ3n) is 7.77. The second-order valence-corrected chi connectivity index (χ2v) is 13.0. The number of methoxy groups -OCH3 is 1. The molecule has 7 nitrogen and oxygen atoms in total. The molecule has 204 valence electrons. The van der Waals surface area contributed by atoms with E-state index in [9.17, 15) is 19.5 Å². The molecule has 4 atom stereocenters. The average molecular weight is 560 g/mol. The maximum absolute atomic E-state index is 14.6. The van der Waals surface area contributed by atoms with E-state index in [0.29, 0.717) is 36.0 Å². The maximum Gasteiger partial charge on any atom is 0.329 e. The van der Waals surface area contributed by atoms with Gasteiger partial charge in [-0.05, 0) is 25.1 Å². The summed E-state index contributed by atoms with van der Waals surface area (Å²) >= 11 is 8.05. The normalized spacial score (nSPS) is 27.8. The van der Waals surface area contributed by atoms with Crippen LogP contribution in [0.25, 0.3) is 0 Å². The van der Waals surface area contributed by atoms with Crippen LogP contribution in [-0.4, -0.2) is 61.3 Å². The molecule has 2 aromatic carbocycles. The molecule has 0 aromatic heterocycles. The van der Waals surface area contributed by atoms with Crippen molar-refractivity contribution in [2.75, 3.05) is 32.5 Å². The molecule has 4 rings (SSSR count). The summed E-state index contributed by atoms with van der Waals surface area (Å²) in [7, 11) is 1.62. The summed E-state index contributed by atoms with van der Waals surface area (Å²) < 4.78 is 5.47. The number of thioether (sulfide) groups is 1. The van der Waals surface area contributed by atoms with Gasteiger partial charge in [0, 0.05) is 47.1 Å². The van der Waals surface area contributed by atoms with Crippen molar-refractivity contribution in [2.24, 2.45) is 10.8 Å². The van der Waals surface area contributed by atoms with Crippen LogP contribution in [0.1, 0.15) is 50.5 Å². The van der Waals surface area contributed by atoms with Gasteiger partial charge in [-0.1, -0.05) is 50.6 Å². The summed E-state index contributed by atoms with van der Waals surface area (Å²) in [5, 5.41) is 14.0. The number of amides is 1. The first-order valence-electron chi connectivity index (χ1n) is 12.8. The fraction of sp³-hybridized carbons (Fsp3) is 0.483. The molecule has 2 aliphatic rings. The largest absolute Gasteiger partial charge is 0.496 e. The SMILES string of the molecule is COc1ccccc1C1SCC(=O)[N+](CC(C)(C)C)([C@@H]2CCNC[C@@]2(C(C)=O)C(=O)O)c2ccc(Cl)cc21. The van der Waals surface area contributed by atoms with Crippen molar-refractivity contribution in [3.8, 4) is 5.75 Å². The number of para-hydroxylation sites is 1. The molecule has 1 fully saturated rings. The Labute approximate surface area is 233 Å². The van der Waals surface area contributed by atoms with Crippen LogP contribution < -0.4 is 14.5 Å². The summed E-state index contributed by atoms with van der Waals surface area (Å²) in [5.41, 5.74) is 0.323. The second-order valence-electron chi connectivity index (χ2n) is 11.4. The third kappa shape index (κ3) is 4.76. The summed E-state index contributed by atoms with van der Waals surface area (Å²) in [5.74, 6) is -0.914. The zero-order chi connectivity index (χ0) is 27.9. The highest BCUT2D eigenvalue weighted by Gasteiger charge is 2.65. The molecule has 0 saturated carbocycles. The number of carbonyl (C=O) groups excluding carboxylic acids is 2. The topological polar surface area (TPSA) is 92.7 Å². The number of piperidine rings is 1. The summed E-state index contributed by atoms with van der Waals surface area (Å²) in [6, 6.07) is 12.4. The van der Waals surface area contributed by atoms with Crippen molar-refractivity contribution in [3.05, 3.63) is 58.6 Å². The van der Waals surface area contributed by atoms with E-state index in [-0.39, 0.29) is 33.4 Å². The van der Waals surface area contributed by atoms with E-state index in [1.807, 2.05) is 57.2 Å². The van der Waals surface area contributed by atoms with Crippen molar-refractivity contribution < 1.29 is 24.2 Å². The number of nitrogens with zero attached hydrogens (tertiary/aromatic N) is 1. The Balaban J connectivity index is 2.09. The zero-order valence-corrected chi connectivity index (χ0v) is 24.1. The molecule has 0 bridgehead atoms. The van der Waals surface area contributed by atoms with Crippen molar-refractivity contribution >= 4 is 46.7 Å². The van der Waals surface area contributed by atoms with E-state index in [1.54, 1.807) is 13.2 Å². The summed E-state index contributed by atoms with van der Waals surface area (Å²) in [6.45, 7) is 8.29. The molecule has 2 N–H and O–H groups in total. The first-order chi connectivity index (χ1) is 17.9. The van der Waals surface area contributed by atoms with Gasteiger partial charge >= 0.3 is 11.9 Å². The maximum atomic E-state index is 14.6. The molecule has 38 heavy (non-hydrogen) atoms. The molecule has 0 aliphatic carbocycles. The number of hydrogen-bond donors (Lipinski definition) is 2. The lowest BCUT2D eigenvalue weighted by Crippen LogP contribution is -2.75. The first-order valence-corrected chi connectivity index (χ1v) is 14.2. The minimum atomic E-state index is -1.76. The Morgan fingerprint density at radius 2 is 1.92 bits per heavy atom. The first kappa shape index (κ1) is 28.6. The molecule has 2 unspecified atom stereocenters. The number of carboxylic acids is 1. The van der Waals surface area contributed by atoms with Gasteiger partial charge in [-0.3, -0.25) is 9.59 Å². The lowest BCUT2D eigenvalue weighted by Gasteiger charge is -2.52. The van der Waals surface area contributed by atoms with Crippen LogP contribution in [0, 0.1) is 10.8 Å². The van der Waals surface area contributed by atoms with E-state index in [0.717, 1.165) is 11.1 Å². The van der Waals surface area contributed by atoms with Gasteiger partial charge in [-0.2, -0.15) is 0 Å². The van der Waals surface area contributed by atoms with E-state index in [4.69, 9.17) is 16.3 Å². The number of nitrogens with one attached hydrogen (secondary N) is 1. The number of rotatable bonds is 6. The van der Waals surface area contributed by atoms with Crippen LogP contribution in [0.3, 0.4) is 0 Å². The number of ketones is 1. The third-order valence-corrected chi connectivity index (χ3v) is 9.26. The van der Waals surface area contributed by atoms with Crippen molar-refractivity contribution in [1.29, 1.82) is 0 Å². The number of benzene rings is 2. The molecule has 0 spiro atoms. The number of hydrogen-bond acceptors (Lipinski definition) is 6. The van der Waals surface area contributed by atoms with Crippen LogP contribution in [0.2, 0.25) is 5.02 Å². The van der Waals surface area contributed by atoms with Crippen LogP contribution in [0.5, 0.6) is 5.75 Å². The number of ether oxygens (including phenoxy) is 1. The van der Waals surface area contributed by atoms with Crippen LogP contribution in [0.15, 0.2) is 42.5 Å². The Kier molecular flexibility index (Phi) is 8.01. The lowest BCUT2D eigenvalue weighted by atomic mass is 9.70. The standard InChI is InChI=1S/C29H35ClN2O5S/c1-18(33)29(27(35)36)16-31-13-12-24(29)32(17-28(2,3)4)22-11-10-19(30)14-21(22)26(38-15-25(32)34)20-8-6-7-9-23(20)37-5/h6-11,14,24,26,31H,12-13,15-17H2,1-5H3/p+1/t24-,26?,29+,32?/m1/s1. The Morgan fingerprint density at radius 3 is 2.55 bits per heavy atom. The molecule has 2 aliphatic heterocycles. The predicted molar refractivity (Wildman–Crippen MR) is 152 cm³/mol. The number of aliphatic carboxylic acids is 1. The number of Topliss-reactive ketones (excluding diaryl/α,β-unsaturated/α-hetero) is 1.